The highest BCUT2D eigenvalue weighted by Crippen LogP contribution is 2.27. The van der Waals surface area contributed by atoms with Crippen molar-refractivity contribution in [3.05, 3.63) is 53.4 Å². The maximum Gasteiger partial charge on any atom is 0.290 e. The number of hydrogen-bond acceptors (Lipinski definition) is 4. The molecule has 1 aromatic carbocycles. The predicted octanol–water partition coefficient (Wildman–Crippen LogP) is 4.16. The minimum absolute atomic E-state index is 0.109. The van der Waals surface area contributed by atoms with Crippen molar-refractivity contribution in [2.75, 3.05) is 19.6 Å². The molecule has 1 saturated heterocycles. The first kappa shape index (κ1) is 19.2. The summed E-state index contributed by atoms with van der Waals surface area (Å²) in [4.78, 5) is 15.0. The third kappa shape index (κ3) is 5.02. The van der Waals surface area contributed by atoms with E-state index >= 15 is 0 Å². The number of benzene rings is 1. The van der Waals surface area contributed by atoms with Crippen LogP contribution in [0.25, 0.3) is 0 Å². The predicted molar refractivity (Wildman–Crippen MR) is 109 cm³/mol. The molecule has 1 unspecified atom stereocenters. The first-order valence-corrected chi connectivity index (χ1v) is 10.8. The van der Waals surface area contributed by atoms with Gasteiger partial charge in [0.2, 0.25) is 5.76 Å². The number of piperidine rings is 1. The number of rotatable bonds is 6. The Hall–Kier alpha value is -2.14. The van der Waals surface area contributed by atoms with E-state index in [-0.39, 0.29) is 11.9 Å². The first-order chi connectivity index (χ1) is 13.8. The van der Waals surface area contributed by atoms with Gasteiger partial charge >= 0.3 is 0 Å². The number of carbonyl (C=O) groups excluding carboxylic acids is 1. The Morgan fingerprint density at radius 3 is 2.75 bits per heavy atom. The summed E-state index contributed by atoms with van der Waals surface area (Å²) < 4.78 is 5.41. The van der Waals surface area contributed by atoms with Crippen molar-refractivity contribution in [3.8, 4) is 0 Å². The van der Waals surface area contributed by atoms with Crippen LogP contribution in [0.4, 0.5) is 0 Å². The van der Waals surface area contributed by atoms with E-state index in [0.29, 0.717) is 11.7 Å². The minimum Gasteiger partial charge on any atom is -0.351 e. The lowest BCUT2D eigenvalue weighted by molar-refractivity contribution is 0.0890. The van der Waals surface area contributed by atoms with Gasteiger partial charge in [0.15, 0.2) is 0 Å². The number of carbonyl (C=O) groups is 1. The standard InChI is InChI=1S/C23H31N3O2/c27-23(24-20-11-5-2-6-12-20)22-16-21(25-28-22)19-10-7-14-26(17-19)15-13-18-8-3-1-4-9-18/h1,3-4,8-9,16,19-20H,2,5-7,10-15,17H2,(H,24,27). The molecule has 2 heterocycles. The van der Waals surface area contributed by atoms with Crippen molar-refractivity contribution in [2.24, 2.45) is 0 Å². The van der Waals surface area contributed by atoms with Gasteiger partial charge in [0.1, 0.15) is 0 Å². The van der Waals surface area contributed by atoms with Gasteiger partial charge in [-0.3, -0.25) is 4.79 Å². The van der Waals surface area contributed by atoms with Crippen molar-refractivity contribution in [1.82, 2.24) is 15.4 Å². The molecule has 1 N–H and O–H groups in total. The van der Waals surface area contributed by atoms with Crippen LogP contribution < -0.4 is 5.32 Å². The molecule has 1 amide bonds. The lowest BCUT2D eigenvalue weighted by atomic mass is 9.94. The van der Waals surface area contributed by atoms with E-state index in [4.69, 9.17) is 4.52 Å². The lowest BCUT2D eigenvalue weighted by Crippen LogP contribution is -2.36. The summed E-state index contributed by atoms with van der Waals surface area (Å²) in [5, 5.41) is 7.36. The SMILES string of the molecule is O=C(NC1CCCCC1)c1cc(C2CCCN(CCc3ccccc3)C2)no1. The molecule has 2 aliphatic rings. The third-order valence-electron chi connectivity index (χ3n) is 6.18. The van der Waals surface area contributed by atoms with Crippen LogP contribution in [0, 0.1) is 0 Å². The maximum atomic E-state index is 12.5. The van der Waals surface area contributed by atoms with Gasteiger partial charge in [0.05, 0.1) is 5.69 Å². The van der Waals surface area contributed by atoms with E-state index in [1.807, 2.05) is 6.07 Å². The summed E-state index contributed by atoms with van der Waals surface area (Å²) in [5.74, 6) is 0.605. The third-order valence-corrected chi connectivity index (χ3v) is 6.18. The molecule has 150 valence electrons. The smallest absolute Gasteiger partial charge is 0.290 e. The topological polar surface area (TPSA) is 58.4 Å². The van der Waals surface area contributed by atoms with Gasteiger partial charge in [0.25, 0.3) is 5.91 Å². The van der Waals surface area contributed by atoms with Crippen molar-refractivity contribution >= 4 is 5.91 Å². The molecule has 1 aliphatic carbocycles. The molecule has 1 aromatic heterocycles. The maximum absolute atomic E-state index is 12.5. The van der Waals surface area contributed by atoms with Crippen LogP contribution in [0.5, 0.6) is 0 Å². The molecule has 0 spiro atoms. The molecule has 1 aliphatic heterocycles. The average Bonchev–Trinajstić information content (AvgIpc) is 3.25. The van der Waals surface area contributed by atoms with E-state index < -0.39 is 0 Å². The van der Waals surface area contributed by atoms with Crippen LogP contribution in [0.2, 0.25) is 0 Å². The van der Waals surface area contributed by atoms with Gasteiger partial charge in [-0.25, -0.2) is 0 Å². The normalized spacial score (nSPS) is 21.5. The summed E-state index contributed by atoms with van der Waals surface area (Å²) >= 11 is 0. The van der Waals surface area contributed by atoms with Gasteiger partial charge in [0, 0.05) is 31.1 Å². The molecule has 2 fully saturated rings. The highest BCUT2D eigenvalue weighted by Gasteiger charge is 2.26. The highest BCUT2D eigenvalue weighted by atomic mass is 16.5. The summed E-state index contributed by atoms with van der Waals surface area (Å²) in [7, 11) is 0. The van der Waals surface area contributed by atoms with Crippen molar-refractivity contribution in [1.29, 1.82) is 0 Å². The van der Waals surface area contributed by atoms with E-state index in [9.17, 15) is 4.79 Å². The van der Waals surface area contributed by atoms with Crippen molar-refractivity contribution < 1.29 is 9.32 Å². The molecular formula is C23H31N3O2. The molecular weight excluding hydrogens is 350 g/mol. The van der Waals surface area contributed by atoms with Crippen molar-refractivity contribution in [2.45, 2.75) is 63.3 Å². The van der Waals surface area contributed by atoms with Gasteiger partial charge < -0.3 is 14.7 Å². The second kappa shape index (κ2) is 9.37. The number of nitrogens with zero attached hydrogens (tertiary/aromatic N) is 2. The number of aromatic nitrogens is 1. The summed E-state index contributed by atoms with van der Waals surface area (Å²) in [6, 6.07) is 12.8. The molecule has 28 heavy (non-hydrogen) atoms. The quantitative estimate of drug-likeness (QED) is 0.816. The molecule has 1 saturated carbocycles. The molecule has 2 aromatic rings. The molecule has 5 heteroatoms. The van der Waals surface area contributed by atoms with Gasteiger partial charge in [-0.2, -0.15) is 0 Å². The zero-order valence-electron chi connectivity index (χ0n) is 16.6. The van der Waals surface area contributed by atoms with Crippen LogP contribution in [-0.2, 0) is 6.42 Å². The number of hydrogen-bond donors (Lipinski definition) is 1. The summed E-state index contributed by atoms with van der Waals surface area (Å²) in [6.45, 7) is 3.19. The molecule has 1 atom stereocenters. The van der Waals surface area contributed by atoms with Crippen LogP contribution >= 0.6 is 0 Å². The van der Waals surface area contributed by atoms with E-state index in [1.165, 1.54) is 24.8 Å². The van der Waals surface area contributed by atoms with Crippen LogP contribution in [0.15, 0.2) is 40.9 Å². The Morgan fingerprint density at radius 2 is 1.93 bits per heavy atom. The minimum atomic E-state index is -0.109. The number of amides is 1. The van der Waals surface area contributed by atoms with Crippen LogP contribution in [-0.4, -0.2) is 41.6 Å². The highest BCUT2D eigenvalue weighted by molar-refractivity contribution is 5.91. The van der Waals surface area contributed by atoms with Crippen LogP contribution in [0.1, 0.15) is 72.7 Å². The van der Waals surface area contributed by atoms with Crippen molar-refractivity contribution in [3.63, 3.8) is 0 Å². The summed E-state index contributed by atoms with van der Waals surface area (Å²) in [6.07, 6.45) is 9.18. The monoisotopic (exact) mass is 381 g/mol. The zero-order valence-corrected chi connectivity index (χ0v) is 16.6. The number of likely N-dealkylation sites (tertiary alicyclic amines) is 1. The molecule has 0 bridgehead atoms. The fourth-order valence-electron chi connectivity index (χ4n) is 4.52. The first-order valence-electron chi connectivity index (χ1n) is 10.8. The summed E-state index contributed by atoms with van der Waals surface area (Å²) in [5.41, 5.74) is 2.31. The largest absolute Gasteiger partial charge is 0.351 e. The Bertz CT molecular complexity index is 752. The number of nitrogens with one attached hydrogen (secondary N) is 1. The Morgan fingerprint density at radius 1 is 1.11 bits per heavy atom. The van der Waals surface area contributed by atoms with Gasteiger partial charge in [-0.15, -0.1) is 0 Å². The molecule has 4 rings (SSSR count). The van der Waals surface area contributed by atoms with E-state index in [2.05, 4.69) is 45.7 Å². The Balaban J connectivity index is 1.30. The fraction of sp³-hybridized carbons (Fsp3) is 0.565. The Kier molecular flexibility index (Phi) is 6.42. The van der Waals surface area contributed by atoms with Gasteiger partial charge in [-0.1, -0.05) is 54.8 Å². The fourth-order valence-corrected chi connectivity index (χ4v) is 4.52. The lowest BCUT2D eigenvalue weighted by Gasteiger charge is -2.31. The van der Waals surface area contributed by atoms with Gasteiger partial charge in [-0.05, 0) is 44.2 Å². The van der Waals surface area contributed by atoms with E-state index in [1.54, 1.807) is 0 Å². The van der Waals surface area contributed by atoms with Crippen LogP contribution in [0.3, 0.4) is 0 Å². The average molecular weight is 382 g/mol. The molecule has 5 nitrogen and oxygen atoms in total. The zero-order chi connectivity index (χ0) is 19.2. The molecule has 0 radical (unpaired) electrons. The van der Waals surface area contributed by atoms with E-state index in [0.717, 1.165) is 57.4 Å². The second-order valence-corrected chi connectivity index (χ2v) is 8.30. The Labute approximate surface area is 167 Å². The second-order valence-electron chi connectivity index (χ2n) is 8.30.